The van der Waals surface area contributed by atoms with Crippen molar-refractivity contribution >= 4 is 45.9 Å². The van der Waals surface area contributed by atoms with Gasteiger partial charge in [-0.25, -0.2) is 4.99 Å². The van der Waals surface area contributed by atoms with E-state index in [-0.39, 0.29) is 22.1 Å². The Bertz CT molecular complexity index is 739. The lowest BCUT2D eigenvalue weighted by Crippen LogP contribution is -2.48. The van der Waals surface area contributed by atoms with Gasteiger partial charge in [0.15, 0.2) is 10.3 Å². The van der Waals surface area contributed by atoms with E-state index >= 15 is 0 Å². The Hall–Kier alpha value is -1.60. The average molecular weight is 511 g/mol. The van der Waals surface area contributed by atoms with Crippen LogP contribution in [0.1, 0.15) is 89.5 Å². The Kier molecular flexibility index (Phi) is 17.2. The molecule has 0 aliphatic carbocycles. The second kappa shape index (κ2) is 16.9. The summed E-state index contributed by atoms with van der Waals surface area (Å²) in [6, 6.07) is 10.0. The number of carbonyl (C=O) groups is 1. The van der Waals surface area contributed by atoms with Crippen molar-refractivity contribution in [3.63, 3.8) is 0 Å². The minimum atomic E-state index is -0.0198. The van der Waals surface area contributed by atoms with Crippen LogP contribution in [0.3, 0.4) is 0 Å². The van der Waals surface area contributed by atoms with Gasteiger partial charge in [-0.3, -0.25) is 4.79 Å². The number of aliphatic imine (C=N–C) groups is 1. The molecule has 0 saturated carbocycles. The normalized spacial score (nSPS) is 12.7. The molecule has 1 atom stereocenters. The number of thioether (sulfide) groups is 1. The first kappa shape index (κ1) is 34.6. The van der Waals surface area contributed by atoms with Crippen molar-refractivity contribution in [2.75, 3.05) is 0 Å². The van der Waals surface area contributed by atoms with E-state index in [2.05, 4.69) is 71.0 Å². The highest BCUT2D eigenvalue weighted by Crippen LogP contribution is 2.32. The van der Waals surface area contributed by atoms with Crippen LogP contribution in [-0.2, 0) is 4.79 Å². The Morgan fingerprint density at radius 1 is 1.03 bits per heavy atom. The first-order valence-corrected chi connectivity index (χ1v) is 13.5. The lowest BCUT2D eigenvalue weighted by molar-refractivity contribution is -0.120. The number of nitrogens with two attached hydrogens (primary N) is 1. The van der Waals surface area contributed by atoms with Crippen molar-refractivity contribution in [2.24, 2.45) is 28.0 Å². The van der Waals surface area contributed by atoms with Gasteiger partial charge in [0.05, 0.1) is 5.69 Å². The zero-order chi connectivity index (χ0) is 27.1. The minimum Gasteiger partial charge on any atom is -0.378 e. The Balaban J connectivity index is 0. The van der Waals surface area contributed by atoms with Gasteiger partial charge in [0.2, 0.25) is 5.91 Å². The number of carbonyl (C=O) groups excluding carboxylic acids is 1. The number of nitrogens with one attached hydrogen (secondary N) is 2. The van der Waals surface area contributed by atoms with Gasteiger partial charge in [-0.15, -0.1) is 0 Å². The Morgan fingerprint density at radius 2 is 1.53 bits per heavy atom. The van der Waals surface area contributed by atoms with Crippen LogP contribution in [0.15, 0.2) is 35.3 Å². The maximum atomic E-state index is 11.5. The molecule has 34 heavy (non-hydrogen) atoms. The van der Waals surface area contributed by atoms with Gasteiger partial charge in [0.25, 0.3) is 0 Å². The molecule has 0 radical (unpaired) electrons. The van der Waals surface area contributed by atoms with E-state index < -0.39 is 0 Å². The van der Waals surface area contributed by atoms with Crippen molar-refractivity contribution in [3.05, 3.63) is 30.3 Å². The van der Waals surface area contributed by atoms with Crippen molar-refractivity contribution in [1.29, 1.82) is 0 Å². The molecule has 1 aromatic carbocycles. The summed E-state index contributed by atoms with van der Waals surface area (Å²) in [4.78, 5) is 15.8. The third kappa shape index (κ3) is 16.9. The number of benzene rings is 1. The second-order valence-corrected chi connectivity index (χ2v) is 12.4. The van der Waals surface area contributed by atoms with Crippen LogP contribution in [0, 0.1) is 17.3 Å². The summed E-state index contributed by atoms with van der Waals surface area (Å²) in [6.45, 7) is 25.2. The predicted octanol–water partition coefficient (Wildman–Crippen LogP) is 7.28. The molecule has 0 fully saturated rings. The van der Waals surface area contributed by atoms with Crippen LogP contribution < -0.4 is 16.4 Å². The average Bonchev–Trinajstić information content (AvgIpc) is 2.68. The van der Waals surface area contributed by atoms with Crippen LogP contribution in [0.5, 0.6) is 0 Å². The molecule has 0 saturated heterocycles. The number of hydrogen-bond donors (Lipinski definition) is 3. The fourth-order valence-electron chi connectivity index (χ4n) is 2.04. The molecule has 0 aromatic heterocycles. The molecule has 1 unspecified atom stereocenters. The SMILES string of the molecule is CC.CC(C)C(C)(C)SC(N)=Nc1ccccc1.CC(C)CC(=O)NC(=S)NC(C)C(C)(C)C. The summed E-state index contributed by atoms with van der Waals surface area (Å²) in [5.74, 6) is 0.887. The molecular formula is C27H50N4OS2. The van der Waals surface area contributed by atoms with Gasteiger partial charge in [0.1, 0.15) is 0 Å². The van der Waals surface area contributed by atoms with E-state index in [4.69, 9.17) is 18.0 Å². The number of amidine groups is 1. The number of para-hydroxylation sites is 1. The smallest absolute Gasteiger partial charge is 0.226 e. The van der Waals surface area contributed by atoms with Gasteiger partial charge < -0.3 is 16.4 Å². The molecule has 0 aliphatic rings. The number of thiocarbonyl (C=S) groups is 1. The molecule has 0 spiro atoms. The number of hydrogen-bond acceptors (Lipinski definition) is 4. The number of amides is 1. The van der Waals surface area contributed by atoms with E-state index in [0.29, 0.717) is 28.5 Å². The largest absolute Gasteiger partial charge is 0.378 e. The molecular weight excluding hydrogens is 460 g/mol. The maximum absolute atomic E-state index is 11.5. The molecule has 0 aliphatic heterocycles. The topological polar surface area (TPSA) is 79.5 Å². The third-order valence-electron chi connectivity index (χ3n) is 5.25. The van der Waals surface area contributed by atoms with Gasteiger partial charge in [-0.05, 0) is 62.4 Å². The van der Waals surface area contributed by atoms with Crippen molar-refractivity contribution < 1.29 is 4.79 Å². The molecule has 4 N–H and O–H groups in total. The lowest BCUT2D eigenvalue weighted by Gasteiger charge is -2.29. The molecule has 0 bridgehead atoms. The van der Waals surface area contributed by atoms with E-state index in [1.807, 2.05) is 58.0 Å². The fourth-order valence-corrected chi connectivity index (χ4v) is 3.25. The Morgan fingerprint density at radius 3 is 1.94 bits per heavy atom. The van der Waals surface area contributed by atoms with Gasteiger partial charge in [-0.1, -0.05) is 92.3 Å². The maximum Gasteiger partial charge on any atom is 0.226 e. The van der Waals surface area contributed by atoms with E-state index in [1.165, 1.54) is 0 Å². The summed E-state index contributed by atoms with van der Waals surface area (Å²) in [7, 11) is 0. The molecule has 0 heterocycles. The minimum absolute atomic E-state index is 0.0198. The van der Waals surface area contributed by atoms with E-state index in [0.717, 1.165) is 5.69 Å². The first-order chi connectivity index (χ1) is 15.5. The number of rotatable bonds is 6. The molecule has 1 rings (SSSR count). The molecule has 1 aromatic rings. The zero-order valence-electron chi connectivity index (χ0n) is 23.6. The highest BCUT2D eigenvalue weighted by Gasteiger charge is 2.24. The lowest BCUT2D eigenvalue weighted by atomic mass is 9.88. The molecule has 5 nitrogen and oxygen atoms in total. The summed E-state index contributed by atoms with van der Waals surface area (Å²) >= 11 is 6.72. The first-order valence-electron chi connectivity index (χ1n) is 12.2. The predicted molar refractivity (Wildman–Crippen MR) is 158 cm³/mol. The summed E-state index contributed by atoms with van der Waals surface area (Å²) in [6.07, 6.45) is 0.506. The van der Waals surface area contributed by atoms with Crippen LogP contribution >= 0.6 is 24.0 Å². The van der Waals surface area contributed by atoms with Crippen LogP contribution in [0.25, 0.3) is 0 Å². The van der Waals surface area contributed by atoms with Crippen molar-refractivity contribution in [2.45, 2.75) is 100 Å². The van der Waals surface area contributed by atoms with Crippen LogP contribution in [0.2, 0.25) is 0 Å². The highest BCUT2D eigenvalue weighted by molar-refractivity contribution is 8.14. The fraction of sp³-hybridized carbons (Fsp3) is 0.667. The Labute approximate surface area is 219 Å². The quantitative estimate of drug-likeness (QED) is 0.213. The number of nitrogens with zero attached hydrogens (tertiary/aromatic N) is 1. The zero-order valence-corrected chi connectivity index (χ0v) is 25.2. The van der Waals surface area contributed by atoms with Crippen molar-refractivity contribution in [3.8, 4) is 0 Å². The summed E-state index contributed by atoms with van der Waals surface area (Å²) in [5.41, 5.74) is 6.97. The van der Waals surface area contributed by atoms with E-state index in [1.54, 1.807) is 11.8 Å². The standard InChI is InChI=1S/C13H20N2S.C12H24N2OS.C2H6/c1-10(2)13(3,4)16-12(14)15-11-8-6-5-7-9-11;1-8(2)7-10(15)14-11(16)13-9(3)12(4,5)6;1-2/h5-10H,1-4H3,(H2,14,15);8-9H,7H2,1-6H3,(H2,13,14,15,16);1-2H3. The van der Waals surface area contributed by atoms with Gasteiger partial charge >= 0.3 is 0 Å². The highest BCUT2D eigenvalue weighted by atomic mass is 32.2. The van der Waals surface area contributed by atoms with Crippen LogP contribution in [0.4, 0.5) is 5.69 Å². The van der Waals surface area contributed by atoms with Crippen LogP contribution in [-0.4, -0.2) is 27.0 Å². The van der Waals surface area contributed by atoms with Gasteiger partial charge in [0, 0.05) is 17.2 Å². The molecule has 7 heteroatoms. The summed E-state index contributed by atoms with van der Waals surface area (Å²) < 4.78 is 0.113. The third-order valence-corrected chi connectivity index (χ3v) is 6.76. The van der Waals surface area contributed by atoms with Gasteiger partial charge in [-0.2, -0.15) is 0 Å². The second-order valence-electron chi connectivity index (χ2n) is 10.4. The van der Waals surface area contributed by atoms with Crippen molar-refractivity contribution in [1.82, 2.24) is 10.6 Å². The summed E-state index contributed by atoms with van der Waals surface area (Å²) in [5, 5.41) is 6.87. The monoisotopic (exact) mass is 510 g/mol. The van der Waals surface area contributed by atoms with E-state index in [9.17, 15) is 4.79 Å². The molecule has 196 valence electrons. The molecule has 1 amide bonds.